The first-order chi connectivity index (χ1) is 31.2. The highest BCUT2D eigenvalue weighted by molar-refractivity contribution is 7.94. The van der Waals surface area contributed by atoms with Crippen molar-refractivity contribution in [2.75, 3.05) is 41.2 Å². The quantitative estimate of drug-likeness (QED) is 0.00845. The van der Waals surface area contributed by atoms with Crippen molar-refractivity contribution in [3.63, 3.8) is 0 Å². The second-order valence-corrected chi connectivity index (χ2v) is 20.6. The Hall–Kier alpha value is -5.27. The molecule has 5 aromatic carbocycles. The summed E-state index contributed by atoms with van der Waals surface area (Å²) in [5.74, 6) is -3.34. The Kier molecular flexibility index (Phi) is 18.0. The number of hydrogen-bond donors (Lipinski definition) is 7. The van der Waals surface area contributed by atoms with Crippen LogP contribution in [0.25, 0.3) is 10.8 Å². The standard InChI is InChI=1S/C34H32N6O20S6/c41-33-27-13-14-29(35-20-65(49,50)51)31(39-37-24-7-11-26(12-8-24)63(45,46)17-15-55-62-60-58-44)28(27)19-30(61-59-57-43)32(33)40-38-23-3-1-21(2-4-23)34(42)36-22-5-9-25(10-6-22)64(47,48)18-16-56-66(52,53)54/h1-14,19,35,41,43-44H,15-18,20H2,(H,36,42)(H,49,50,51)(H,52,53,54). The van der Waals surface area contributed by atoms with Gasteiger partial charge in [-0.15, -0.1) is 18.9 Å². The van der Waals surface area contributed by atoms with E-state index in [4.69, 9.17) is 19.3 Å². The molecule has 0 aliphatic carbocycles. The van der Waals surface area contributed by atoms with Gasteiger partial charge in [-0.2, -0.15) is 27.1 Å². The van der Waals surface area contributed by atoms with Gasteiger partial charge in [-0.25, -0.2) is 31.5 Å². The van der Waals surface area contributed by atoms with Crippen molar-refractivity contribution in [3.05, 3.63) is 96.6 Å². The number of aromatic hydroxyl groups is 1. The molecule has 66 heavy (non-hydrogen) atoms. The van der Waals surface area contributed by atoms with E-state index in [0.29, 0.717) is 12.0 Å². The van der Waals surface area contributed by atoms with Crippen LogP contribution in [0.3, 0.4) is 0 Å². The fourth-order valence-electron chi connectivity index (χ4n) is 5.29. The fourth-order valence-corrected chi connectivity index (χ4v) is 9.02. The van der Waals surface area contributed by atoms with Crippen molar-refractivity contribution in [1.82, 2.24) is 0 Å². The molecule has 0 unspecified atom stereocenters. The maximum atomic E-state index is 12.9. The van der Waals surface area contributed by atoms with E-state index in [0.717, 1.165) is 0 Å². The van der Waals surface area contributed by atoms with E-state index in [1.165, 1.54) is 91.0 Å². The largest absolute Gasteiger partial charge is 0.505 e. The molecule has 5 rings (SSSR count). The van der Waals surface area contributed by atoms with Crippen LogP contribution < -0.4 is 10.6 Å². The van der Waals surface area contributed by atoms with Gasteiger partial charge in [0.1, 0.15) is 17.3 Å². The molecule has 1 amide bonds. The van der Waals surface area contributed by atoms with Gasteiger partial charge in [-0.3, -0.25) is 18.1 Å². The van der Waals surface area contributed by atoms with E-state index in [1.807, 2.05) is 0 Å². The maximum Gasteiger partial charge on any atom is 0.397 e. The van der Waals surface area contributed by atoms with Crippen molar-refractivity contribution < 1.29 is 90.3 Å². The zero-order valence-corrected chi connectivity index (χ0v) is 37.7. The number of carbonyl (C=O) groups excluding carboxylic acids is 1. The monoisotopic (exact) mass is 1040 g/mol. The highest BCUT2D eigenvalue weighted by atomic mass is 32.3. The highest BCUT2D eigenvalue weighted by Gasteiger charge is 2.21. The summed E-state index contributed by atoms with van der Waals surface area (Å²) in [6, 6.07) is 19.6. The second-order valence-electron chi connectivity index (χ2n) is 12.6. The van der Waals surface area contributed by atoms with Gasteiger partial charge in [0, 0.05) is 22.0 Å². The lowest BCUT2D eigenvalue weighted by atomic mass is 10.1. The van der Waals surface area contributed by atoms with E-state index in [2.05, 4.69) is 54.0 Å². The molecular weight excluding hydrogens is 1000 g/mol. The first-order valence-electron chi connectivity index (χ1n) is 17.6. The average molecular weight is 1040 g/mol. The van der Waals surface area contributed by atoms with Crippen molar-refractivity contribution >= 4 is 115 Å². The summed E-state index contributed by atoms with van der Waals surface area (Å²) in [7, 11) is -17.3. The molecule has 0 aromatic heterocycles. The molecule has 0 saturated carbocycles. The van der Waals surface area contributed by atoms with Crippen LogP contribution in [0.2, 0.25) is 0 Å². The first kappa shape index (κ1) is 51.7. The molecule has 0 saturated heterocycles. The van der Waals surface area contributed by atoms with Crippen LogP contribution in [0.5, 0.6) is 5.75 Å². The zero-order chi connectivity index (χ0) is 48.1. The lowest BCUT2D eigenvalue weighted by molar-refractivity contribution is -0.434. The predicted molar refractivity (Wildman–Crippen MR) is 232 cm³/mol. The molecule has 0 atom stereocenters. The van der Waals surface area contributed by atoms with Gasteiger partial charge in [0.15, 0.2) is 37.7 Å². The van der Waals surface area contributed by atoms with Gasteiger partial charge in [0.2, 0.25) is 0 Å². The number of azo groups is 2. The molecule has 5 aromatic rings. The Bertz CT molecular complexity index is 3040. The minimum absolute atomic E-state index is 0.0170. The summed E-state index contributed by atoms with van der Waals surface area (Å²) in [6.45, 7) is -1.14. The molecule has 0 bridgehead atoms. The third-order valence-corrected chi connectivity index (χ3v) is 13.6. The summed E-state index contributed by atoms with van der Waals surface area (Å²) in [6.07, 6.45) is 0. The number of carbonyl (C=O) groups is 1. The number of benzene rings is 5. The summed E-state index contributed by atoms with van der Waals surface area (Å²) in [4.78, 5) is 12.6. The fraction of sp³-hybridized carbons (Fsp3) is 0.147. The number of phenolic OH excluding ortho intramolecular Hbond substituents is 1. The van der Waals surface area contributed by atoms with E-state index in [-0.39, 0.29) is 84.1 Å². The van der Waals surface area contributed by atoms with E-state index in [1.54, 1.807) is 0 Å². The molecule has 26 nitrogen and oxygen atoms in total. The molecule has 32 heteroatoms. The molecular formula is C34H32N6O20S6. The Morgan fingerprint density at radius 1 is 0.652 bits per heavy atom. The molecule has 0 aliphatic heterocycles. The first-order valence-corrected chi connectivity index (χ1v) is 25.3. The van der Waals surface area contributed by atoms with Crippen LogP contribution in [0.1, 0.15) is 10.4 Å². The third-order valence-electron chi connectivity index (χ3n) is 8.26. The van der Waals surface area contributed by atoms with E-state index < -0.39 is 75.8 Å². The Balaban J connectivity index is 1.38. The van der Waals surface area contributed by atoms with Gasteiger partial charge in [0.05, 0.1) is 68.5 Å². The molecule has 0 radical (unpaired) electrons. The highest BCUT2D eigenvalue weighted by Crippen LogP contribution is 2.48. The van der Waals surface area contributed by atoms with Gasteiger partial charge in [-0.05, 0) is 91.0 Å². The molecule has 0 spiro atoms. The molecule has 0 heterocycles. The minimum atomic E-state index is -4.83. The molecule has 354 valence electrons. The number of phenols is 1. The van der Waals surface area contributed by atoms with Gasteiger partial charge in [-0.1, -0.05) is 10.1 Å². The lowest BCUT2D eigenvalue weighted by Crippen LogP contribution is -2.15. The second kappa shape index (κ2) is 23.0. The molecule has 7 N–H and O–H groups in total. The van der Waals surface area contributed by atoms with Crippen LogP contribution in [0, 0.1) is 0 Å². The number of anilines is 2. The normalized spacial score (nSPS) is 12.6. The average Bonchev–Trinajstić information content (AvgIpc) is 3.26. The topological polar surface area (TPSA) is 384 Å². The Labute approximate surface area is 382 Å². The number of nitrogens with zero attached hydrogens (tertiary/aromatic N) is 4. The van der Waals surface area contributed by atoms with Crippen LogP contribution in [0.15, 0.2) is 126 Å². The number of amides is 1. The van der Waals surface area contributed by atoms with Crippen molar-refractivity contribution in [3.8, 4) is 5.75 Å². The lowest BCUT2D eigenvalue weighted by Gasteiger charge is -2.14. The van der Waals surface area contributed by atoms with Gasteiger partial charge in [0.25, 0.3) is 16.0 Å². The number of fused-ring (bicyclic) bond motifs is 1. The SMILES string of the molecule is O=C(Nc1ccc(S(=O)(=O)CCOS(=O)(=O)O)cc1)c1ccc(N=Nc2c(SOOO)cc3c(N=Nc4ccc(S(=O)(=O)CCOSOOO)cc4)c(NCS(=O)(=O)O)ccc3c2O)cc1. The van der Waals surface area contributed by atoms with Crippen molar-refractivity contribution in [2.24, 2.45) is 20.5 Å². The van der Waals surface area contributed by atoms with E-state index in [9.17, 15) is 48.1 Å². The van der Waals surface area contributed by atoms with Crippen molar-refractivity contribution in [2.45, 2.75) is 14.7 Å². The predicted octanol–water partition coefficient (Wildman–Crippen LogP) is 6.68. The third kappa shape index (κ3) is 15.1. The molecule has 0 aliphatic rings. The summed E-state index contributed by atoms with van der Waals surface area (Å²) in [5.41, 5.74) is 0.262. The Morgan fingerprint density at radius 2 is 1.21 bits per heavy atom. The van der Waals surface area contributed by atoms with Crippen LogP contribution in [-0.2, 0) is 67.3 Å². The number of rotatable bonds is 24. The number of hydrogen-bond acceptors (Lipinski definition) is 25. The van der Waals surface area contributed by atoms with Gasteiger partial charge >= 0.3 is 10.4 Å². The van der Waals surface area contributed by atoms with Crippen molar-refractivity contribution in [1.29, 1.82) is 0 Å². The summed E-state index contributed by atoms with van der Waals surface area (Å²) < 4.78 is 130. The van der Waals surface area contributed by atoms with Crippen LogP contribution >= 0.6 is 24.4 Å². The number of sulfone groups is 2. The zero-order valence-electron chi connectivity index (χ0n) is 32.8. The molecule has 0 fully saturated rings. The minimum Gasteiger partial charge on any atom is -0.505 e. The van der Waals surface area contributed by atoms with Crippen LogP contribution in [0.4, 0.5) is 34.1 Å². The van der Waals surface area contributed by atoms with E-state index >= 15 is 0 Å². The maximum absolute atomic E-state index is 12.9. The van der Waals surface area contributed by atoms with Gasteiger partial charge < -0.3 is 15.7 Å². The smallest absolute Gasteiger partial charge is 0.397 e. The summed E-state index contributed by atoms with van der Waals surface area (Å²) >= 11 is 0.566. The summed E-state index contributed by atoms with van der Waals surface area (Å²) in [5, 5.41) is 57.4. The van der Waals surface area contributed by atoms with Crippen LogP contribution in [-0.4, -0.2) is 94.9 Å². The Morgan fingerprint density at radius 3 is 1.79 bits per heavy atom. The number of nitrogens with one attached hydrogen (secondary N) is 2.